The smallest absolute Gasteiger partial charge is 0.460 e. The van der Waals surface area contributed by atoms with Gasteiger partial charge in [-0.1, -0.05) is 6.58 Å². The highest BCUT2D eigenvalue weighted by molar-refractivity contribution is 5.86. The minimum absolute atomic E-state index is 0.548. The van der Waals surface area contributed by atoms with Crippen LogP contribution in [0.2, 0.25) is 0 Å². The Morgan fingerprint density at radius 1 is 0.537 bits per heavy atom. The number of hydrogen-bond acceptors (Lipinski definition) is 2. The van der Waals surface area contributed by atoms with Crippen LogP contribution < -0.4 is 0 Å². The van der Waals surface area contributed by atoms with Crippen LogP contribution in [0.15, 0.2) is 12.2 Å². The van der Waals surface area contributed by atoms with Crippen LogP contribution in [0.5, 0.6) is 0 Å². The van der Waals surface area contributed by atoms with E-state index in [-0.39, 0.29) is 0 Å². The molecular weight excluding hydrogens is 647 g/mol. The topological polar surface area (TPSA) is 26.3 Å². The number of ether oxygens (including phenoxy) is 1. The molecule has 23 heteroatoms. The highest BCUT2D eigenvalue weighted by Gasteiger charge is 2.91. The van der Waals surface area contributed by atoms with Crippen molar-refractivity contribution in [3.8, 4) is 0 Å². The molecule has 0 saturated carbocycles. The van der Waals surface area contributed by atoms with Gasteiger partial charge >= 0.3 is 59.5 Å². The van der Waals surface area contributed by atoms with Crippen molar-refractivity contribution in [3.05, 3.63) is 12.2 Å². The summed E-state index contributed by atoms with van der Waals surface area (Å²) in [5, 5.41) is 0. The van der Waals surface area contributed by atoms with Gasteiger partial charge in [-0.25, -0.2) is 13.6 Å². The van der Waals surface area contributed by atoms with Crippen LogP contribution in [-0.2, 0) is 9.53 Å². The molecule has 0 spiro atoms. The molecular formula is C18H13F21O2. The maximum Gasteiger partial charge on any atom is 0.460 e. The predicted octanol–water partition coefficient (Wildman–Crippen LogP) is 8.56. The molecule has 0 aliphatic rings. The largest absolute Gasteiger partial charge is 0.462 e. The van der Waals surface area contributed by atoms with Gasteiger partial charge in [0.1, 0.15) is 0 Å². The fraction of sp³-hybridized carbons (Fsp3) is 0.833. The van der Waals surface area contributed by atoms with E-state index in [4.69, 9.17) is 0 Å². The molecule has 2 nitrogen and oxygen atoms in total. The Balaban J connectivity index is 6.21. The summed E-state index contributed by atoms with van der Waals surface area (Å²) in [6.45, 7) is 1.93. The first-order valence-corrected chi connectivity index (χ1v) is 9.79. The maximum absolute atomic E-state index is 13.7. The van der Waals surface area contributed by atoms with E-state index in [9.17, 15) is 97.0 Å². The molecule has 0 fully saturated rings. The number of rotatable bonds is 14. The van der Waals surface area contributed by atoms with Gasteiger partial charge in [0.05, 0.1) is 25.9 Å². The van der Waals surface area contributed by atoms with Gasteiger partial charge in [-0.2, -0.15) is 83.4 Å². The summed E-state index contributed by atoms with van der Waals surface area (Å²) in [6, 6.07) is 0. The van der Waals surface area contributed by atoms with Crippen molar-refractivity contribution >= 4 is 5.97 Å². The van der Waals surface area contributed by atoms with Crippen LogP contribution in [-0.4, -0.2) is 72.1 Å². The molecule has 0 atom stereocenters. The van der Waals surface area contributed by atoms with Crippen LogP contribution in [0.4, 0.5) is 92.2 Å². The third-order valence-electron chi connectivity index (χ3n) is 4.88. The van der Waals surface area contributed by atoms with Gasteiger partial charge in [0.15, 0.2) is 0 Å². The van der Waals surface area contributed by atoms with Crippen LogP contribution in [0.25, 0.3) is 0 Å². The van der Waals surface area contributed by atoms with E-state index in [1.165, 1.54) is 0 Å². The second-order valence-corrected chi connectivity index (χ2v) is 8.36. The summed E-state index contributed by atoms with van der Waals surface area (Å²) in [4.78, 5) is 11.0. The second-order valence-electron chi connectivity index (χ2n) is 8.36. The molecule has 41 heavy (non-hydrogen) atoms. The SMILES string of the molecule is C=C(C)C(=O)OCCC(F)(F)C(F)(F)C(F)(F)CC(F)(F)CC(F)(F)C(F)(F)C(F)(F)C(F)(F)C(F)(F)C(F)(F)F. The standard InChI is InChI=1S/C18H13F21O2/c1-7(2)8(40)41-4-3-10(21,22)13(27,28)11(23,24)5-9(19,20)6-12(25,26)14(29,30)15(31,32)16(33,34)17(35,36)18(37,38)39/h1,3-6H2,2H3. The third-order valence-corrected chi connectivity index (χ3v) is 4.88. The lowest BCUT2D eigenvalue weighted by molar-refractivity contribution is -0.442. The quantitative estimate of drug-likeness (QED) is 0.106. The van der Waals surface area contributed by atoms with Crippen molar-refractivity contribution in [3.63, 3.8) is 0 Å². The zero-order valence-corrected chi connectivity index (χ0v) is 19.3. The van der Waals surface area contributed by atoms with Crippen molar-refractivity contribution in [1.29, 1.82) is 0 Å². The first-order valence-electron chi connectivity index (χ1n) is 9.79. The average Bonchev–Trinajstić information content (AvgIpc) is 2.69. The van der Waals surface area contributed by atoms with Crippen molar-refractivity contribution in [1.82, 2.24) is 0 Å². The van der Waals surface area contributed by atoms with E-state index in [0.717, 1.165) is 6.92 Å². The minimum Gasteiger partial charge on any atom is -0.462 e. The maximum atomic E-state index is 13.7. The van der Waals surface area contributed by atoms with Gasteiger partial charge in [0.2, 0.25) is 0 Å². The van der Waals surface area contributed by atoms with Crippen LogP contribution >= 0.6 is 0 Å². The Bertz CT molecular complexity index is 962. The Kier molecular flexibility index (Phi) is 10.2. The van der Waals surface area contributed by atoms with E-state index < -0.39 is 96.9 Å². The molecule has 0 aromatic heterocycles. The van der Waals surface area contributed by atoms with Crippen molar-refractivity contribution in [2.45, 2.75) is 85.7 Å². The predicted molar refractivity (Wildman–Crippen MR) is 90.2 cm³/mol. The summed E-state index contributed by atoms with van der Waals surface area (Å²) in [5.74, 6) is -69.8. The van der Waals surface area contributed by atoms with E-state index in [1.54, 1.807) is 0 Å². The molecule has 0 heterocycles. The molecule has 0 N–H and O–H groups in total. The summed E-state index contributed by atoms with van der Waals surface area (Å²) in [7, 11) is 0. The Labute approximate surface area is 213 Å². The summed E-state index contributed by atoms with van der Waals surface area (Å²) >= 11 is 0. The minimum atomic E-state index is -8.60. The van der Waals surface area contributed by atoms with Gasteiger partial charge in [0, 0.05) is 5.57 Å². The van der Waals surface area contributed by atoms with Gasteiger partial charge in [-0.3, -0.25) is 0 Å². The van der Waals surface area contributed by atoms with E-state index in [2.05, 4.69) is 11.3 Å². The van der Waals surface area contributed by atoms with Gasteiger partial charge in [0.25, 0.3) is 5.92 Å². The zero-order valence-electron chi connectivity index (χ0n) is 19.3. The summed E-state index contributed by atoms with van der Waals surface area (Å²) < 4.78 is 282. The number of carbonyl (C=O) groups excluding carboxylic acids is 1. The molecule has 0 rings (SSSR count). The first-order chi connectivity index (χ1) is 17.5. The Hall–Kier alpha value is -2.26. The first kappa shape index (κ1) is 38.7. The number of hydrogen-bond donors (Lipinski definition) is 0. The van der Waals surface area contributed by atoms with Gasteiger partial charge < -0.3 is 4.74 Å². The van der Waals surface area contributed by atoms with Gasteiger partial charge in [-0.15, -0.1) is 0 Å². The third kappa shape index (κ3) is 6.87. The van der Waals surface area contributed by atoms with Crippen molar-refractivity contribution in [2.24, 2.45) is 0 Å². The summed E-state index contributed by atoms with van der Waals surface area (Å²) in [5.41, 5.74) is -0.548. The van der Waals surface area contributed by atoms with Crippen LogP contribution in [0, 0.1) is 0 Å². The molecule has 0 aromatic rings. The van der Waals surface area contributed by atoms with Gasteiger partial charge in [-0.05, 0) is 6.92 Å². The highest BCUT2D eigenvalue weighted by atomic mass is 19.4. The monoisotopic (exact) mass is 660 g/mol. The molecule has 0 bridgehead atoms. The molecule has 0 aromatic carbocycles. The molecule has 0 amide bonds. The summed E-state index contributed by atoms with van der Waals surface area (Å²) in [6.07, 6.45) is -19.5. The molecule has 0 unspecified atom stereocenters. The molecule has 0 radical (unpaired) electrons. The highest BCUT2D eigenvalue weighted by Crippen LogP contribution is 2.62. The lowest BCUT2D eigenvalue weighted by Gasteiger charge is -2.40. The molecule has 0 saturated heterocycles. The average molecular weight is 660 g/mol. The van der Waals surface area contributed by atoms with E-state index in [0.29, 0.717) is 0 Å². The zero-order chi connectivity index (χ0) is 33.7. The fourth-order valence-electron chi connectivity index (χ4n) is 2.56. The lowest BCUT2D eigenvalue weighted by Crippen LogP contribution is -2.70. The van der Waals surface area contributed by atoms with E-state index in [1.807, 2.05) is 0 Å². The van der Waals surface area contributed by atoms with Crippen LogP contribution in [0.1, 0.15) is 26.2 Å². The molecule has 0 aliphatic carbocycles. The Morgan fingerprint density at radius 2 is 0.878 bits per heavy atom. The number of esters is 1. The Morgan fingerprint density at radius 3 is 1.22 bits per heavy atom. The number of carbonyl (C=O) groups is 1. The molecule has 0 aliphatic heterocycles. The van der Waals surface area contributed by atoms with Crippen molar-refractivity contribution in [2.75, 3.05) is 6.61 Å². The van der Waals surface area contributed by atoms with E-state index >= 15 is 0 Å². The number of halogens is 21. The normalized spacial score (nSPS) is 15.7. The van der Waals surface area contributed by atoms with Crippen molar-refractivity contribution < 1.29 is 102 Å². The lowest BCUT2D eigenvalue weighted by atomic mass is 9.89. The van der Waals surface area contributed by atoms with Crippen LogP contribution in [0.3, 0.4) is 0 Å². The fourth-order valence-corrected chi connectivity index (χ4v) is 2.56. The molecule has 244 valence electrons. The number of alkyl halides is 21. The second kappa shape index (κ2) is 10.8.